The van der Waals surface area contributed by atoms with Gasteiger partial charge in [-0.05, 0) is 59.7 Å². The fraction of sp³-hybridized carbons (Fsp3) is 0.261. The Labute approximate surface area is 170 Å². The van der Waals surface area contributed by atoms with Crippen LogP contribution in [0.3, 0.4) is 0 Å². The summed E-state index contributed by atoms with van der Waals surface area (Å²) in [5.74, 6) is 1.76. The number of hydrogen-bond donors (Lipinski definition) is 1. The SMILES string of the molecule is COc1cc(C)ccc1OCc1csc(C(=O)Nc2ccc(C(C)C)cc2)c1. The molecular formula is C23H25NO3S. The summed E-state index contributed by atoms with van der Waals surface area (Å²) in [5, 5.41) is 4.89. The Hall–Kier alpha value is -2.79. The monoisotopic (exact) mass is 395 g/mol. The fourth-order valence-corrected chi connectivity index (χ4v) is 3.56. The van der Waals surface area contributed by atoms with Crippen LogP contribution in [-0.2, 0) is 6.61 Å². The molecule has 5 heteroatoms. The third-order valence-corrected chi connectivity index (χ3v) is 5.40. The van der Waals surface area contributed by atoms with Gasteiger partial charge in [0.05, 0.1) is 12.0 Å². The lowest BCUT2D eigenvalue weighted by Gasteiger charge is -2.10. The number of carbonyl (C=O) groups is 1. The molecule has 1 aromatic heterocycles. The number of hydrogen-bond acceptors (Lipinski definition) is 4. The van der Waals surface area contributed by atoms with Crippen molar-refractivity contribution in [2.75, 3.05) is 12.4 Å². The van der Waals surface area contributed by atoms with Crippen LogP contribution in [0.2, 0.25) is 0 Å². The Bertz CT molecular complexity index is 945. The van der Waals surface area contributed by atoms with Crippen molar-refractivity contribution in [3.05, 3.63) is 75.5 Å². The first-order valence-corrected chi connectivity index (χ1v) is 10.1. The predicted molar refractivity (Wildman–Crippen MR) is 115 cm³/mol. The molecule has 3 rings (SSSR count). The molecule has 146 valence electrons. The number of anilines is 1. The zero-order valence-corrected chi connectivity index (χ0v) is 17.4. The highest BCUT2D eigenvalue weighted by atomic mass is 32.1. The smallest absolute Gasteiger partial charge is 0.265 e. The molecule has 2 aromatic carbocycles. The molecule has 0 atom stereocenters. The van der Waals surface area contributed by atoms with E-state index in [9.17, 15) is 4.79 Å². The summed E-state index contributed by atoms with van der Waals surface area (Å²) in [6, 6.07) is 15.6. The second kappa shape index (κ2) is 8.93. The van der Waals surface area contributed by atoms with Crippen LogP contribution < -0.4 is 14.8 Å². The summed E-state index contributed by atoms with van der Waals surface area (Å²) in [6.45, 7) is 6.68. The Morgan fingerprint density at radius 3 is 2.50 bits per heavy atom. The van der Waals surface area contributed by atoms with Crippen molar-refractivity contribution in [3.8, 4) is 11.5 Å². The summed E-state index contributed by atoms with van der Waals surface area (Å²) in [4.78, 5) is 13.2. The summed E-state index contributed by atoms with van der Waals surface area (Å²) in [7, 11) is 1.63. The van der Waals surface area contributed by atoms with Crippen LogP contribution in [0.5, 0.6) is 11.5 Å². The zero-order valence-electron chi connectivity index (χ0n) is 16.6. The van der Waals surface area contributed by atoms with Gasteiger partial charge in [0, 0.05) is 11.3 Å². The highest BCUT2D eigenvalue weighted by molar-refractivity contribution is 7.12. The lowest BCUT2D eigenvalue weighted by Crippen LogP contribution is -2.10. The minimum atomic E-state index is -0.110. The van der Waals surface area contributed by atoms with Gasteiger partial charge in [0.2, 0.25) is 0 Å². The minimum absolute atomic E-state index is 0.110. The highest BCUT2D eigenvalue weighted by Crippen LogP contribution is 2.29. The van der Waals surface area contributed by atoms with E-state index < -0.39 is 0 Å². The number of ether oxygens (including phenoxy) is 2. The molecule has 0 saturated heterocycles. The van der Waals surface area contributed by atoms with E-state index in [1.165, 1.54) is 16.9 Å². The van der Waals surface area contributed by atoms with Crippen molar-refractivity contribution in [1.29, 1.82) is 0 Å². The number of amides is 1. The summed E-state index contributed by atoms with van der Waals surface area (Å²) < 4.78 is 11.2. The lowest BCUT2D eigenvalue weighted by molar-refractivity contribution is 0.103. The van der Waals surface area contributed by atoms with Crippen molar-refractivity contribution in [2.24, 2.45) is 0 Å². The van der Waals surface area contributed by atoms with Gasteiger partial charge in [0.25, 0.3) is 5.91 Å². The van der Waals surface area contributed by atoms with Gasteiger partial charge in [0.1, 0.15) is 6.61 Å². The van der Waals surface area contributed by atoms with E-state index in [-0.39, 0.29) is 5.91 Å². The minimum Gasteiger partial charge on any atom is -0.493 e. The van der Waals surface area contributed by atoms with Crippen LogP contribution in [0.1, 0.15) is 46.1 Å². The molecule has 28 heavy (non-hydrogen) atoms. The standard InChI is InChI=1S/C23H25NO3S/c1-15(2)18-6-8-19(9-7-18)24-23(25)22-12-17(14-28-22)13-27-20-10-5-16(3)11-21(20)26-4/h5-12,14-15H,13H2,1-4H3,(H,24,25). The molecule has 0 aliphatic rings. The van der Waals surface area contributed by atoms with Crippen LogP contribution in [0.15, 0.2) is 53.9 Å². The summed E-state index contributed by atoms with van der Waals surface area (Å²) >= 11 is 1.41. The molecule has 0 radical (unpaired) electrons. The topological polar surface area (TPSA) is 47.6 Å². The highest BCUT2D eigenvalue weighted by Gasteiger charge is 2.11. The molecule has 1 N–H and O–H groups in total. The molecule has 1 amide bonds. The van der Waals surface area contributed by atoms with Crippen molar-refractivity contribution in [1.82, 2.24) is 0 Å². The van der Waals surface area contributed by atoms with Gasteiger partial charge in [0.15, 0.2) is 11.5 Å². The van der Waals surface area contributed by atoms with Crippen LogP contribution in [-0.4, -0.2) is 13.0 Å². The molecule has 0 aliphatic carbocycles. The van der Waals surface area contributed by atoms with Gasteiger partial charge in [-0.2, -0.15) is 0 Å². The molecule has 0 unspecified atom stereocenters. The van der Waals surface area contributed by atoms with E-state index in [0.717, 1.165) is 16.8 Å². The first-order chi connectivity index (χ1) is 13.5. The maximum absolute atomic E-state index is 12.5. The van der Waals surface area contributed by atoms with Crippen LogP contribution in [0.25, 0.3) is 0 Å². The first kappa shape index (κ1) is 20.0. The van der Waals surface area contributed by atoms with Crippen LogP contribution in [0, 0.1) is 6.92 Å². The first-order valence-electron chi connectivity index (χ1n) is 9.22. The Morgan fingerprint density at radius 1 is 1.07 bits per heavy atom. The third kappa shape index (κ3) is 4.93. The van der Waals surface area contributed by atoms with E-state index in [4.69, 9.17) is 9.47 Å². The van der Waals surface area contributed by atoms with E-state index >= 15 is 0 Å². The molecule has 4 nitrogen and oxygen atoms in total. The zero-order chi connectivity index (χ0) is 20.1. The Morgan fingerprint density at radius 2 is 1.82 bits per heavy atom. The second-order valence-electron chi connectivity index (χ2n) is 6.99. The molecule has 0 aliphatic heterocycles. The number of thiophene rings is 1. The van der Waals surface area contributed by atoms with E-state index in [1.54, 1.807) is 7.11 Å². The molecule has 0 saturated carbocycles. The summed E-state index contributed by atoms with van der Waals surface area (Å²) in [5.41, 5.74) is 4.11. The molecule has 0 spiro atoms. The van der Waals surface area contributed by atoms with Gasteiger partial charge in [-0.3, -0.25) is 4.79 Å². The maximum Gasteiger partial charge on any atom is 0.265 e. The van der Waals surface area contributed by atoms with Gasteiger partial charge in [-0.1, -0.05) is 32.0 Å². The lowest BCUT2D eigenvalue weighted by atomic mass is 10.0. The van der Waals surface area contributed by atoms with Gasteiger partial charge < -0.3 is 14.8 Å². The van der Waals surface area contributed by atoms with Crippen LogP contribution >= 0.6 is 11.3 Å². The normalized spacial score (nSPS) is 10.8. The van der Waals surface area contributed by atoms with E-state index in [0.29, 0.717) is 28.9 Å². The van der Waals surface area contributed by atoms with Gasteiger partial charge >= 0.3 is 0 Å². The molecule has 0 fully saturated rings. The number of nitrogens with one attached hydrogen (secondary N) is 1. The van der Waals surface area contributed by atoms with E-state index in [1.807, 2.05) is 60.8 Å². The van der Waals surface area contributed by atoms with Crippen molar-refractivity contribution in [3.63, 3.8) is 0 Å². The van der Waals surface area contributed by atoms with E-state index in [2.05, 4.69) is 19.2 Å². The number of aryl methyl sites for hydroxylation is 1. The summed E-state index contributed by atoms with van der Waals surface area (Å²) in [6.07, 6.45) is 0. The molecule has 1 heterocycles. The number of carbonyl (C=O) groups excluding carboxylic acids is 1. The maximum atomic E-state index is 12.5. The van der Waals surface area contributed by atoms with Gasteiger partial charge in [-0.15, -0.1) is 11.3 Å². The molecular weight excluding hydrogens is 370 g/mol. The largest absolute Gasteiger partial charge is 0.493 e. The third-order valence-electron chi connectivity index (χ3n) is 4.43. The number of rotatable bonds is 7. The van der Waals surface area contributed by atoms with Crippen molar-refractivity contribution in [2.45, 2.75) is 33.3 Å². The fourth-order valence-electron chi connectivity index (χ4n) is 2.77. The van der Waals surface area contributed by atoms with Crippen molar-refractivity contribution >= 4 is 22.9 Å². The Kier molecular flexibility index (Phi) is 6.37. The molecule has 0 bridgehead atoms. The molecule has 3 aromatic rings. The predicted octanol–water partition coefficient (Wildman–Crippen LogP) is 6.02. The second-order valence-corrected chi connectivity index (χ2v) is 7.90. The van der Waals surface area contributed by atoms with Gasteiger partial charge in [-0.25, -0.2) is 0 Å². The number of methoxy groups -OCH3 is 1. The quantitative estimate of drug-likeness (QED) is 0.532. The average Bonchev–Trinajstić information content (AvgIpc) is 3.16. The van der Waals surface area contributed by atoms with Crippen molar-refractivity contribution < 1.29 is 14.3 Å². The average molecular weight is 396 g/mol. The number of benzene rings is 2. The Balaban J connectivity index is 1.61. The van der Waals surface area contributed by atoms with Crippen LogP contribution in [0.4, 0.5) is 5.69 Å².